The van der Waals surface area contributed by atoms with Crippen molar-refractivity contribution in [3.63, 3.8) is 0 Å². The first-order chi connectivity index (χ1) is 8.25. The fraction of sp³-hybridized carbons (Fsp3) is 0.273. The normalized spacial score (nSPS) is 14.8. The summed E-state index contributed by atoms with van der Waals surface area (Å²) in [5.41, 5.74) is 0.409. The molecule has 88 valence electrons. The molecule has 1 aliphatic heterocycles. The van der Waals surface area contributed by atoms with Crippen molar-refractivity contribution in [2.24, 2.45) is 0 Å². The van der Waals surface area contributed by atoms with Gasteiger partial charge in [-0.1, -0.05) is 0 Å². The molecule has 5 nitrogen and oxygen atoms in total. The van der Waals surface area contributed by atoms with Crippen molar-refractivity contribution in [3.05, 3.63) is 41.3 Å². The Balaban J connectivity index is 1.84. The Bertz CT molecular complexity index is 561. The number of imidazole rings is 1. The van der Waals surface area contributed by atoms with Crippen molar-refractivity contribution in [1.82, 2.24) is 14.5 Å². The van der Waals surface area contributed by atoms with E-state index in [1.807, 2.05) is 10.8 Å². The maximum absolute atomic E-state index is 12.2. The predicted octanol–water partition coefficient (Wildman–Crippen LogP) is 1.79. The average Bonchev–Trinajstić information content (AvgIpc) is 2.95. The van der Waals surface area contributed by atoms with Gasteiger partial charge in [-0.3, -0.25) is 4.79 Å². The number of hydrogen-bond donors (Lipinski definition) is 0. The minimum atomic E-state index is -0.113. The van der Waals surface area contributed by atoms with Crippen molar-refractivity contribution < 1.29 is 9.21 Å². The van der Waals surface area contributed by atoms with Crippen molar-refractivity contribution in [2.75, 3.05) is 6.54 Å². The zero-order valence-corrected chi connectivity index (χ0v) is 9.72. The smallest absolute Gasteiger partial charge is 0.259 e. The SMILES string of the molecule is O=C(c1ccoc1Cl)N1CCn2ccnc2C1. The maximum atomic E-state index is 12.2. The monoisotopic (exact) mass is 251 g/mol. The Labute approximate surface area is 103 Å². The molecule has 0 aromatic carbocycles. The van der Waals surface area contributed by atoms with Crippen LogP contribution in [0.3, 0.4) is 0 Å². The molecule has 0 fully saturated rings. The van der Waals surface area contributed by atoms with Crippen LogP contribution in [0.1, 0.15) is 16.2 Å². The van der Waals surface area contributed by atoms with Crippen LogP contribution >= 0.6 is 11.6 Å². The highest BCUT2D eigenvalue weighted by atomic mass is 35.5. The molecule has 2 aromatic heterocycles. The third-order valence-corrected chi connectivity index (χ3v) is 3.17. The largest absolute Gasteiger partial charge is 0.452 e. The molecule has 0 spiro atoms. The molecular weight excluding hydrogens is 242 g/mol. The van der Waals surface area contributed by atoms with Crippen molar-refractivity contribution in [1.29, 1.82) is 0 Å². The van der Waals surface area contributed by atoms with Crippen molar-refractivity contribution in [2.45, 2.75) is 13.1 Å². The van der Waals surface area contributed by atoms with Crippen LogP contribution in [0.25, 0.3) is 0 Å². The van der Waals surface area contributed by atoms with E-state index in [4.69, 9.17) is 16.0 Å². The summed E-state index contributed by atoms with van der Waals surface area (Å²) in [5, 5.41) is 0.143. The fourth-order valence-electron chi connectivity index (χ4n) is 1.96. The fourth-order valence-corrected chi connectivity index (χ4v) is 2.16. The van der Waals surface area contributed by atoms with Crippen molar-refractivity contribution >= 4 is 17.5 Å². The summed E-state index contributed by atoms with van der Waals surface area (Å²) >= 11 is 5.80. The van der Waals surface area contributed by atoms with Gasteiger partial charge in [0, 0.05) is 25.5 Å². The first kappa shape index (κ1) is 10.4. The second-order valence-electron chi connectivity index (χ2n) is 3.87. The Morgan fingerprint density at radius 3 is 3.12 bits per heavy atom. The molecule has 3 rings (SSSR count). The van der Waals surface area contributed by atoms with Gasteiger partial charge in [0.15, 0.2) is 0 Å². The van der Waals surface area contributed by atoms with Gasteiger partial charge < -0.3 is 13.9 Å². The topological polar surface area (TPSA) is 51.3 Å². The van der Waals surface area contributed by atoms with E-state index in [9.17, 15) is 4.79 Å². The summed E-state index contributed by atoms with van der Waals surface area (Å²) < 4.78 is 6.97. The second-order valence-corrected chi connectivity index (χ2v) is 4.21. The molecule has 0 atom stereocenters. The van der Waals surface area contributed by atoms with Crippen LogP contribution < -0.4 is 0 Å². The van der Waals surface area contributed by atoms with E-state index < -0.39 is 0 Å². The van der Waals surface area contributed by atoms with Gasteiger partial charge in [-0.05, 0) is 17.7 Å². The number of nitrogens with zero attached hydrogens (tertiary/aromatic N) is 3. The summed E-state index contributed by atoms with van der Waals surface area (Å²) in [7, 11) is 0. The van der Waals surface area contributed by atoms with Crippen LogP contribution in [0, 0.1) is 0 Å². The molecule has 1 amide bonds. The molecule has 0 saturated carbocycles. The number of halogens is 1. The lowest BCUT2D eigenvalue weighted by Crippen LogP contribution is -2.38. The summed E-state index contributed by atoms with van der Waals surface area (Å²) in [4.78, 5) is 18.1. The first-order valence-corrected chi connectivity index (χ1v) is 5.66. The second kappa shape index (κ2) is 3.92. The number of aromatic nitrogens is 2. The Morgan fingerprint density at radius 2 is 2.35 bits per heavy atom. The lowest BCUT2D eigenvalue weighted by molar-refractivity contribution is 0.0707. The molecule has 3 heterocycles. The molecule has 0 bridgehead atoms. The van der Waals surface area contributed by atoms with Crippen LogP contribution in [-0.2, 0) is 13.1 Å². The van der Waals surface area contributed by atoms with E-state index in [1.165, 1.54) is 6.26 Å². The molecular formula is C11H10ClN3O2. The van der Waals surface area contributed by atoms with Gasteiger partial charge in [-0.2, -0.15) is 0 Å². The van der Waals surface area contributed by atoms with E-state index in [-0.39, 0.29) is 11.1 Å². The predicted molar refractivity (Wildman–Crippen MR) is 60.7 cm³/mol. The van der Waals surface area contributed by atoms with Gasteiger partial charge in [0.2, 0.25) is 5.22 Å². The van der Waals surface area contributed by atoms with E-state index in [2.05, 4.69) is 4.98 Å². The molecule has 17 heavy (non-hydrogen) atoms. The Hall–Kier alpha value is -1.75. The number of rotatable bonds is 1. The number of carbonyl (C=O) groups is 1. The highest BCUT2D eigenvalue weighted by molar-refractivity contribution is 6.32. The Morgan fingerprint density at radius 1 is 1.47 bits per heavy atom. The van der Waals surface area contributed by atoms with Crippen molar-refractivity contribution in [3.8, 4) is 0 Å². The number of fused-ring (bicyclic) bond motifs is 1. The highest BCUT2D eigenvalue weighted by Crippen LogP contribution is 2.21. The molecule has 0 N–H and O–H groups in total. The van der Waals surface area contributed by atoms with Gasteiger partial charge in [-0.15, -0.1) is 0 Å². The lowest BCUT2D eigenvalue weighted by Gasteiger charge is -2.27. The average molecular weight is 252 g/mol. The molecule has 1 aliphatic rings. The molecule has 0 unspecified atom stereocenters. The highest BCUT2D eigenvalue weighted by Gasteiger charge is 2.24. The van der Waals surface area contributed by atoms with Crippen LogP contribution in [-0.4, -0.2) is 26.9 Å². The van der Waals surface area contributed by atoms with Crippen LogP contribution in [0.15, 0.2) is 29.1 Å². The van der Waals surface area contributed by atoms with E-state index in [0.29, 0.717) is 18.7 Å². The number of carbonyl (C=O) groups excluding carboxylic acids is 1. The summed E-state index contributed by atoms with van der Waals surface area (Å²) in [6.07, 6.45) is 5.08. The standard InChI is InChI=1S/C11H10ClN3O2/c12-10-8(1-6-17-10)11(16)15-5-4-14-3-2-13-9(14)7-15/h1-3,6H,4-5,7H2. The molecule has 0 radical (unpaired) electrons. The van der Waals surface area contributed by atoms with Gasteiger partial charge >= 0.3 is 0 Å². The van der Waals surface area contributed by atoms with Gasteiger partial charge in [0.25, 0.3) is 5.91 Å². The van der Waals surface area contributed by atoms with Gasteiger partial charge in [0.1, 0.15) is 5.82 Å². The lowest BCUT2D eigenvalue weighted by atomic mass is 10.2. The zero-order valence-electron chi connectivity index (χ0n) is 8.97. The number of hydrogen-bond acceptors (Lipinski definition) is 3. The summed E-state index contributed by atoms with van der Waals surface area (Å²) in [5.74, 6) is 0.780. The van der Waals surface area contributed by atoms with E-state index in [0.717, 1.165) is 12.4 Å². The Kier molecular flexibility index (Phi) is 2.40. The third-order valence-electron chi connectivity index (χ3n) is 2.88. The van der Waals surface area contributed by atoms with Crippen LogP contribution in [0.4, 0.5) is 0 Å². The quantitative estimate of drug-likeness (QED) is 0.776. The summed E-state index contributed by atoms with van der Waals surface area (Å²) in [6, 6.07) is 1.59. The van der Waals surface area contributed by atoms with Gasteiger partial charge in [0.05, 0.1) is 18.4 Å². The minimum absolute atomic E-state index is 0.113. The number of amides is 1. The van der Waals surface area contributed by atoms with Crippen LogP contribution in [0.5, 0.6) is 0 Å². The minimum Gasteiger partial charge on any atom is -0.452 e. The van der Waals surface area contributed by atoms with Gasteiger partial charge in [-0.25, -0.2) is 4.98 Å². The molecule has 6 heteroatoms. The van der Waals surface area contributed by atoms with Crippen LogP contribution in [0.2, 0.25) is 5.22 Å². The molecule has 0 saturated heterocycles. The van der Waals surface area contributed by atoms with E-state index >= 15 is 0 Å². The third kappa shape index (κ3) is 1.72. The zero-order chi connectivity index (χ0) is 11.8. The molecule has 2 aromatic rings. The summed E-state index contributed by atoms with van der Waals surface area (Å²) in [6.45, 7) is 1.92. The molecule has 0 aliphatic carbocycles. The van der Waals surface area contributed by atoms with E-state index in [1.54, 1.807) is 17.2 Å². The maximum Gasteiger partial charge on any atom is 0.259 e. The first-order valence-electron chi connectivity index (χ1n) is 5.28. The number of furan rings is 1.